The molecule has 0 aromatic rings. The number of ether oxygens (including phenoxy) is 1. The minimum Gasteiger partial charge on any atom is -0.464 e. The lowest BCUT2D eigenvalue weighted by molar-refractivity contribution is -0.169. The average Bonchev–Trinajstić information content (AvgIpc) is 2.62. The van der Waals surface area contributed by atoms with Crippen molar-refractivity contribution in [2.45, 2.75) is 84.2 Å². The highest BCUT2D eigenvalue weighted by molar-refractivity contribution is 5.85. The number of likely N-dealkylation sites (N-methyl/N-ethyl adjacent to an activating group) is 1. The molecule has 26 heavy (non-hydrogen) atoms. The second kappa shape index (κ2) is 11.5. The van der Waals surface area contributed by atoms with Crippen LogP contribution in [0.2, 0.25) is 0 Å². The van der Waals surface area contributed by atoms with Crippen LogP contribution in [-0.2, 0) is 9.53 Å². The van der Waals surface area contributed by atoms with Gasteiger partial charge in [-0.3, -0.25) is 4.79 Å². The molecule has 2 fully saturated rings. The van der Waals surface area contributed by atoms with Crippen LogP contribution in [0.15, 0.2) is 0 Å². The van der Waals surface area contributed by atoms with Gasteiger partial charge in [0, 0.05) is 6.54 Å². The lowest BCUT2D eigenvalue weighted by Gasteiger charge is -2.44. The molecule has 5 heteroatoms. The first-order valence-electron chi connectivity index (χ1n) is 10.6. The van der Waals surface area contributed by atoms with Gasteiger partial charge in [0.25, 0.3) is 0 Å². The van der Waals surface area contributed by atoms with Crippen LogP contribution in [-0.4, -0.2) is 47.8 Å². The van der Waals surface area contributed by atoms with Crippen molar-refractivity contribution >= 4 is 18.4 Å². The molecule has 1 atom stereocenters. The van der Waals surface area contributed by atoms with Gasteiger partial charge in [0.1, 0.15) is 6.61 Å². The first-order chi connectivity index (χ1) is 12.0. The third-order valence-electron chi connectivity index (χ3n) is 6.64. The van der Waals surface area contributed by atoms with E-state index in [1.54, 1.807) is 0 Å². The van der Waals surface area contributed by atoms with E-state index in [2.05, 4.69) is 25.7 Å². The van der Waals surface area contributed by atoms with Crippen LogP contribution in [0.25, 0.3) is 0 Å². The molecule has 4 nitrogen and oxygen atoms in total. The molecule has 0 amide bonds. The fourth-order valence-electron chi connectivity index (χ4n) is 4.80. The van der Waals surface area contributed by atoms with E-state index in [1.165, 1.54) is 19.3 Å². The Morgan fingerprint density at radius 3 is 2.23 bits per heavy atom. The zero-order valence-electron chi connectivity index (χ0n) is 17.0. The monoisotopic (exact) mass is 389 g/mol. The molecular weight excluding hydrogens is 350 g/mol. The van der Waals surface area contributed by atoms with E-state index in [9.17, 15) is 9.90 Å². The van der Waals surface area contributed by atoms with Crippen LogP contribution in [0, 0.1) is 17.8 Å². The molecule has 0 aromatic heterocycles. The van der Waals surface area contributed by atoms with Gasteiger partial charge in [0.15, 0.2) is 0 Å². The predicted molar refractivity (Wildman–Crippen MR) is 109 cm³/mol. The normalized spacial score (nSPS) is 28.4. The molecule has 1 N–H and O–H groups in total. The largest absolute Gasteiger partial charge is 0.464 e. The van der Waals surface area contributed by atoms with Crippen molar-refractivity contribution in [3.05, 3.63) is 0 Å². The molecule has 0 heterocycles. The number of hydrogen-bond acceptors (Lipinski definition) is 4. The summed E-state index contributed by atoms with van der Waals surface area (Å²) in [6.45, 7) is 9.67. The molecular formula is C21H40ClNO3. The van der Waals surface area contributed by atoms with E-state index in [1.807, 2.05) is 0 Å². The van der Waals surface area contributed by atoms with Crippen molar-refractivity contribution in [3.63, 3.8) is 0 Å². The zero-order chi connectivity index (χ0) is 18.3. The third kappa shape index (κ3) is 6.38. The van der Waals surface area contributed by atoms with Gasteiger partial charge >= 0.3 is 5.97 Å². The highest BCUT2D eigenvalue weighted by Gasteiger charge is 2.48. The summed E-state index contributed by atoms with van der Waals surface area (Å²) in [6, 6.07) is 0. The average molecular weight is 390 g/mol. The Balaban J connectivity index is 0.00000338. The molecule has 0 radical (unpaired) electrons. The maximum absolute atomic E-state index is 13.0. The Bertz CT molecular complexity index is 400. The Labute approximate surface area is 166 Å². The molecule has 2 aliphatic rings. The molecule has 0 saturated heterocycles. The fraction of sp³-hybridized carbons (Fsp3) is 0.952. The molecule has 2 saturated carbocycles. The summed E-state index contributed by atoms with van der Waals surface area (Å²) in [7, 11) is 0. The third-order valence-corrected chi connectivity index (χ3v) is 6.64. The predicted octanol–water partition coefficient (Wildman–Crippen LogP) is 4.43. The summed E-state index contributed by atoms with van der Waals surface area (Å²) in [5.74, 6) is 0.493. The molecule has 2 aliphatic carbocycles. The lowest BCUT2D eigenvalue weighted by Crippen LogP contribution is -2.49. The molecule has 0 bridgehead atoms. The Morgan fingerprint density at radius 2 is 1.69 bits per heavy atom. The van der Waals surface area contributed by atoms with E-state index < -0.39 is 5.60 Å². The number of rotatable bonds is 8. The number of aliphatic hydroxyl groups is 1. The summed E-state index contributed by atoms with van der Waals surface area (Å²) in [5, 5.41) is 11.4. The first kappa shape index (κ1) is 23.7. The number of halogens is 1. The van der Waals surface area contributed by atoms with Gasteiger partial charge in [0.05, 0.1) is 11.5 Å². The highest BCUT2D eigenvalue weighted by Crippen LogP contribution is 2.44. The molecule has 0 spiro atoms. The summed E-state index contributed by atoms with van der Waals surface area (Å²) in [6.07, 6.45) is 9.29. The summed E-state index contributed by atoms with van der Waals surface area (Å²) in [4.78, 5) is 15.2. The van der Waals surface area contributed by atoms with Gasteiger partial charge in [-0.2, -0.15) is 0 Å². The Kier molecular flexibility index (Phi) is 10.5. The van der Waals surface area contributed by atoms with Gasteiger partial charge in [0.2, 0.25) is 0 Å². The number of hydrogen-bond donors (Lipinski definition) is 1. The summed E-state index contributed by atoms with van der Waals surface area (Å²) in [5.41, 5.74) is -0.846. The number of nitrogens with zero attached hydrogens (tertiary/aromatic N) is 1. The quantitative estimate of drug-likeness (QED) is 0.624. The van der Waals surface area contributed by atoms with Crippen LogP contribution < -0.4 is 0 Å². The van der Waals surface area contributed by atoms with Gasteiger partial charge in [-0.25, -0.2) is 0 Å². The van der Waals surface area contributed by atoms with Crippen molar-refractivity contribution in [2.24, 2.45) is 17.8 Å². The van der Waals surface area contributed by atoms with E-state index in [-0.39, 0.29) is 24.3 Å². The maximum Gasteiger partial charge on any atom is 0.312 e. The number of carbonyl (C=O) groups is 1. The van der Waals surface area contributed by atoms with Gasteiger partial charge in [-0.15, -0.1) is 12.4 Å². The minimum atomic E-state index is -0.846. The smallest absolute Gasteiger partial charge is 0.312 e. The van der Waals surface area contributed by atoms with Crippen LogP contribution in [0.1, 0.15) is 78.6 Å². The van der Waals surface area contributed by atoms with Gasteiger partial charge < -0.3 is 14.7 Å². The van der Waals surface area contributed by atoms with Crippen molar-refractivity contribution in [1.29, 1.82) is 0 Å². The van der Waals surface area contributed by atoms with Crippen LogP contribution in [0.4, 0.5) is 0 Å². The Morgan fingerprint density at radius 1 is 1.12 bits per heavy atom. The molecule has 154 valence electrons. The summed E-state index contributed by atoms with van der Waals surface area (Å²) < 4.78 is 5.70. The molecule has 0 aliphatic heterocycles. The lowest BCUT2D eigenvalue weighted by atomic mass is 9.65. The second-order valence-electron chi connectivity index (χ2n) is 8.36. The first-order valence-corrected chi connectivity index (χ1v) is 10.6. The van der Waals surface area contributed by atoms with Gasteiger partial charge in [-0.1, -0.05) is 40.0 Å². The number of carbonyl (C=O) groups excluding carboxylic acids is 1. The van der Waals surface area contributed by atoms with Crippen molar-refractivity contribution in [3.8, 4) is 0 Å². The van der Waals surface area contributed by atoms with Crippen molar-refractivity contribution < 1.29 is 14.6 Å². The van der Waals surface area contributed by atoms with Crippen LogP contribution in [0.5, 0.6) is 0 Å². The van der Waals surface area contributed by atoms with Crippen molar-refractivity contribution in [1.82, 2.24) is 4.90 Å². The van der Waals surface area contributed by atoms with E-state index >= 15 is 0 Å². The second-order valence-corrected chi connectivity index (χ2v) is 8.36. The fourth-order valence-corrected chi connectivity index (χ4v) is 4.80. The van der Waals surface area contributed by atoms with E-state index in [4.69, 9.17) is 4.74 Å². The van der Waals surface area contributed by atoms with Crippen LogP contribution >= 0.6 is 12.4 Å². The molecule has 0 aromatic carbocycles. The molecule has 1 unspecified atom stereocenters. The summed E-state index contributed by atoms with van der Waals surface area (Å²) >= 11 is 0. The SMILES string of the molecule is CCN(CC)CCOC(=O)C(C1CCCCC1)C1(O)CCC(C)CC1.Cl. The number of esters is 1. The van der Waals surface area contributed by atoms with E-state index in [0.29, 0.717) is 18.4 Å². The standard InChI is InChI=1S/C21H39NO3.ClH/c1-4-22(5-2)15-16-25-20(23)19(18-9-7-6-8-10-18)21(24)13-11-17(3)12-14-21;/h17-19,24H,4-16H2,1-3H3;1H. The van der Waals surface area contributed by atoms with Crippen LogP contribution in [0.3, 0.4) is 0 Å². The zero-order valence-corrected chi connectivity index (χ0v) is 17.9. The Hall–Kier alpha value is -0.320. The topological polar surface area (TPSA) is 49.8 Å². The van der Waals surface area contributed by atoms with Gasteiger partial charge in [-0.05, 0) is 63.5 Å². The van der Waals surface area contributed by atoms with E-state index in [0.717, 1.165) is 58.2 Å². The van der Waals surface area contributed by atoms with Crippen molar-refractivity contribution in [2.75, 3.05) is 26.2 Å². The highest BCUT2D eigenvalue weighted by atomic mass is 35.5. The minimum absolute atomic E-state index is 0. The maximum atomic E-state index is 13.0. The molecule has 2 rings (SSSR count).